The average molecular weight is 207 g/mol. The molecule has 0 bridgehead atoms. The molecule has 0 aliphatic heterocycles. The summed E-state index contributed by atoms with van der Waals surface area (Å²) >= 11 is 0. The Hall–Kier alpha value is -1.80. The second-order valence-electron chi connectivity index (χ2n) is 2.97. The lowest BCUT2D eigenvalue weighted by Gasteiger charge is -2.09. The Morgan fingerprint density at radius 1 is 1.67 bits per heavy atom. The van der Waals surface area contributed by atoms with Crippen LogP contribution in [0.2, 0.25) is 0 Å². The second kappa shape index (κ2) is 5.17. The van der Waals surface area contributed by atoms with Crippen LogP contribution in [0.1, 0.15) is 11.1 Å². The van der Waals surface area contributed by atoms with Gasteiger partial charge in [-0.1, -0.05) is 0 Å². The lowest BCUT2D eigenvalue weighted by atomic mass is 10.1. The van der Waals surface area contributed by atoms with Crippen molar-refractivity contribution in [3.05, 3.63) is 17.2 Å². The molecule has 0 fully saturated rings. The summed E-state index contributed by atoms with van der Waals surface area (Å²) < 4.78 is 5.00. The fourth-order valence-electron chi connectivity index (χ4n) is 1.20. The maximum atomic E-state index is 8.87. The van der Waals surface area contributed by atoms with Gasteiger partial charge in [0.1, 0.15) is 17.5 Å². The topological polar surface area (TPSA) is 78.2 Å². The molecule has 0 aliphatic rings. The van der Waals surface area contributed by atoms with Crippen LogP contribution in [0.4, 0.5) is 5.82 Å². The van der Waals surface area contributed by atoms with E-state index in [4.69, 9.17) is 15.1 Å². The molecule has 0 saturated heterocycles. The van der Waals surface area contributed by atoms with Crippen LogP contribution in [0.3, 0.4) is 0 Å². The van der Waals surface area contributed by atoms with Crippen molar-refractivity contribution in [2.45, 2.75) is 6.92 Å². The molecule has 0 spiro atoms. The van der Waals surface area contributed by atoms with E-state index in [1.54, 1.807) is 6.07 Å². The Morgan fingerprint density at radius 3 is 2.93 bits per heavy atom. The molecule has 2 N–H and O–H groups in total. The largest absolute Gasteiger partial charge is 0.480 e. The van der Waals surface area contributed by atoms with Gasteiger partial charge in [-0.3, -0.25) is 0 Å². The summed E-state index contributed by atoms with van der Waals surface area (Å²) in [5, 5.41) is 20.4. The van der Waals surface area contributed by atoms with Crippen molar-refractivity contribution in [2.75, 3.05) is 25.6 Å². The van der Waals surface area contributed by atoms with Gasteiger partial charge in [0, 0.05) is 6.54 Å². The third-order valence-electron chi connectivity index (χ3n) is 1.91. The van der Waals surface area contributed by atoms with Crippen LogP contribution in [0.5, 0.6) is 5.88 Å². The van der Waals surface area contributed by atoms with Crippen molar-refractivity contribution in [1.82, 2.24) is 4.98 Å². The number of rotatable bonds is 4. The molecule has 5 heteroatoms. The fraction of sp³-hybridized carbons (Fsp3) is 0.400. The van der Waals surface area contributed by atoms with Gasteiger partial charge in [-0.15, -0.1) is 0 Å². The van der Waals surface area contributed by atoms with Gasteiger partial charge < -0.3 is 15.2 Å². The van der Waals surface area contributed by atoms with Gasteiger partial charge in [0.25, 0.3) is 0 Å². The second-order valence-corrected chi connectivity index (χ2v) is 2.97. The average Bonchev–Trinajstić information content (AvgIpc) is 2.25. The molecule has 0 amide bonds. The Labute approximate surface area is 88.3 Å². The lowest BCUT2D eigenvalue weighted by Crippen LogP contribution is -2.08. The zero-order valence-electron chi connectivity index (χ0n) is 8.74. The minimum atomic E-state index is 0.0308. The molecular weight excluding hydrogens is 194 g/mol. The van der Waals surface area contributed by atoms with E-state index >= 15 is 0 Å². The predicted octanol–water partition coefficient (Wildman–Crippen LogP) is 0.674. The van der Waals surface area contributed by atoms with E-state index in [0.29, 0.717) is 23.8 Å². The molecule has 0 saturated carbocycles. The predicted molar refractivity (Wildman–Crippen MR) is 55.8 cm³/mol. The molecule has 0 radical (unpaired) electrons. The molecule has 0 aromatic carbocycles. The molecule has 1 aromatic rings. The third kappa shape index (κ3) is 2.58. The number of anilines is 1. The highest BCUT2D eigenvalue weighted by Crippen LogP contribution is 2.21. The molecular formula is C10H13N3O2. The number of nitriles is 1. The van der Waals surface area contributed by atoms with E-state index in [-0.39, 0.29) is 6.61 Å². The van der Waals surface area contributed by atoms with Gasteiger partial charge in [0.15, 0.2) is 0 Å². The smallest absolute Gasteiger partial charge is 0.233 e. The SMILES string of the molecule is COc1nc(NCCO)cc(C)c1C#N. The maximum Gasteiger partial charge on any atom is 0.233 e. The molecule has 0 unspecified atom stereocenters. The number of nitrogens with zero attached hydrogens (tertiary/aromatic N) is 2. The zero-order chi connectivity index (χ0) is 11.3. The number of hydrogen-bond acceptors (Lipinski definition) is 5. The summed E-state index contributed by atoms with van der Waals surface area (Å²) in [6, 6.07) is 3.78. The quantitative estimate of drug-likeness (QED) is 0.758. The van der Waals surface area contributed by atoms with E-state index in [1.165, 1.54) is 7.11 Å². The maximum absolute atomic E-state index is 8.87. The molecule has 80 valence electrons. The van der Waals surface area contributed by atoms with Crippen LogP contribution in [-0.4, -0.2) is 30.4 Å². The third-order valence-corrected chi connectivity index (χ3v) is 1.91. The van der Waals surface area contributed by atoms with Crippen molar-refractivity contribution < 1.29 is 9.84 Å². The normalized spacial score (nSPS) is 9.47. The summed E-state index contributed by atoms with van der Waals surface area (Å²) in [5.41, 5.74) is 1.23. The Kier molecular flexibility index (Phi) is 3.89. The standard InChI is InChI=1S/C10H13N3O2/c1-7-5-9(12-3-4-14)13-10(15-2)8(7)6-11/h5,14H,3-4H2,1-2H3,(H,12,13). The van der Waals surface area contributed by atoms with Crippen molar-refractivity contribution in [2.24, 2.45) is 0 Å². The van der Waals surface area contributed by atoms with E-state index in [1.807, 2.05) is 13.0 Å². The van der Waals surface area contributed by atoms with Gasteiger partial charge in [-0.25, -0.2) is 0 Å². The Bertz CT molecular complexity index is 385. The van der Waals surface area contributed by atoms with Gasteiger partial charge in [0.05, 0.1) is 13.7 Å². The van der Waals surface area contributed by atoms with Gasteiger partial charge >= 0.3 is 0 Å². The summed E-state index contributed by atoms with van der Waals surface area (Å²) in [6.07, 6.45) is 0. The van der Waals surface area contributed by atoms with E-state index in [9.17, 15) is 0 Å². The fourth-order valence-corrected chi connectivity index (χ4v) is 1.20. The first kappa shape index (κ1) is 11.3. The van der Waals surface area contributed by atoms with E-state index in [0.717, 1.165) is 5.56 Å². The highest BCUT2D eigenvalue weighted by molar-refractivity contribution is 5.51. The molecule has 1 heterocycles. The minimum Gasteiger partial charge on any atom is -0.480 e. The number of nitrogens with one attached hydrogen (secondary N) is 1. The van der Waals surface area contributed by atoms with Crippen molar-refractivity contribution >= 4 is 5.82 Å². The van der Waals surface area contributed by atoms with Crippen LogP contribution in [0.15, 0.2) is 6.07 Å². The number of aryl methyl sites for hydroxylation is 1. The number of aliphatic hydroxyl groups excluding tert-OH is 1. The Balaban J connectivity index is 3.04. The van der Waals surface area contributed by atoms with Crippen LogP contribution < -0.4 is 10.1 Å². The monoisotopic (exact) mass is 207 g/mol. The van der Waals surface area contributed by atoms with Gasteiger partial charge in [-0.05, 0) is 18.6 Å². The van der Waals surface area contributed by atoms with E-state index < -0.39 is 0 Å². The highest BCUT2D eigenvalue weighted by Gasteiger charge is 2.09. The molecule has 0 aliphatic carbocycles. The number of hydrogen-bond donors (Lipinski definition) is 2. The van der Waals surface area contributed by atoms with Crippen molar-refractivity contribution in [3.8, 4) is 11.9 Å². The summed E-state index contributed by atoms with van der Waals surface area (Å²) in [7, 11) is 1.47. The van der Waals surface area contributed by atoms with Crippen molar-refractivity contribution in [3.63, 3.8) is 0 Å². The molecule has 1 aromatic heterocycles. The van der Waals surface area contributed by atoms with Crippen molar-refractivity contribution in [1.29, 1.82) is 5.26 Å². The number of ether oxygens (including phenoxy) is 1. The zero-order valence-corrected chi connectivity index (χ0v) is 8.74. The number of methoxy groups -OCH3 is 1. The van der Waals surface area contributed by atoms with Gasteiger partial charge in [-0.2, -0.15) is 10.2 Å². The summed E-state index contributed by atoms with van der Waals surface area (Å²) in [6.45, 7) is 2.26. The first-order valence-electron chi connectivity index (χ1n) is 4.53. The molecule has 1 rings (SSSR count). The number of pyridine rings is 1. The summed E-state index contributed by atoms with van der Waals surface area (Å²) in [4.78, 5) is 4.09. The van der Waals surface area contributed by atoms with Crippen LogP contribution >= 0.6 is 0 Å². The van der Waals surface area contributed by atoms with Crippen LogP contribution in [-0.2, 0) is 0 Å². The summed E-state index contributed by atoms with van der Waals surface area (Å²) in [5.74, 6) is 0.898. The first-order valence-corrected chi connectivity index (χ1v) is 4.53. The number of aromatic nitrogens is 1. The van der Waals surface area contributed by atoms with E-state index in [2.05, 4.69) is 10.3 Å². The van der Waals surface area contributed by atoms with Gasteiger partial charge in [0.2, 0.25) is 5.88 Å². The minimum absolute atomic E-state index is 0.0308. The van der Waals surface area contributed by atoms with Crippen LogP contribution in [0, 0.1) is 18.3 Å². The first-order chi connectivity index (χ1) is 7.22. The van der Waals surface area contributed by atoms with Crippen LogP contribution in [0.25, 0.3) is 0 Å². The molecule has 15 heavy (non-hydrogen) atoms. The Morgan fingerprint density at radius 2 is 2.40 bits per heavy atom. The lowest BCUT2D eigenvalue weighted by molar-refractivity contribution is 0.311. The number of aliphatic hydroxyl groups is 1. The molecule has 0 atom stereocenters. The highest BCUT2D eigenvalue weighted by atomic mass is 16.5. The molecule has 5 nitrogen and oxygen atoms in total.